The molecule has 0 radical (unpaired) electrons. The molecule has 17 heteroatoms. The molecule has 3 aromatic rings. The highest BCUT2D eigenvalue weighted by molar-refractivity contribution is 7.86. The molecule has 0 bridgehead atoms. The van der Waals surface area contributed by atoms with Crippen LogP contribution in [0.3, 0.4) is 0 Å². The van der Waals surface area contributed by atoms with Gasteiger partial charge in [0, 0.05) is 6.07 Å². The van der Waals surface area contributed by atoms with Gasteiger partial charge in [-0.05, 0) is 17.5 Å². The summed E-state index contributed by atoms with van der Waals surface area (Å²) >= 11 is 0. The van der Waals surface area contributed by atoms with Crippen LogP contribution in [0, 0.1) is 0 Å². The van der Waals surface area contributed by atoms with Crippen molar-refractivity contribution in [1.82, 2.24) is 15.2 Å². The van der Waals surface area contributed by atoms with Crippen molar-refractivity contribution in [1.29, 1.82) is 0 Å². The van der Waals surface area contributed by atoms with E-state index in [1.165, 1.54) is 0 Å². The number of phenols is 2. The van der Waals surface area contributed by atoms with Gasteiger partial charge in [0.15, 0.2) is 5.75 Å². The molecule has 2 aromatic carbocycles. The maximum Gasteiger partial charge on any atom is 0.373 e. The van der Waals surface area contributed by atoms with Gasteiger partial charge >= 0.3 is 5.97 Å². The van der Waals surface area contributed by atoms with E-state index in [-0.39, 0.29) is 0 Å². The molecule has 0 aliphatic heterocycles. The Balaban J connectivity index is 2.29. The van der Waals surface area contributed by atoms with Crippen LogP contribution in [0.5, 0.6) is 11.5 Å². The highest BCUT2D eigenvalue weighted by atomic mass is 32.2. The summed E-state index contributed by atoms with van der Waals surface area (Å²) in [7, 11) is -9.87. The Hall–Kier alpha value is -3.67. The van der Waals surface area contributed by atoms with Gasteiger partial charge in [-0.25, -0.2) is 4.79 Å². The van der Waals surface area contributed by atoms with E-state index in [0.29, 0.717) is 12.1 Å². The van der Waals surface area contributed by atoms with Crippen molar-refractivity contribution in [2.75, 3.05) is 0 Å². The van der Waals surface area contributed by atoms with Crippen molar-refractivity contribution in [3.63, 3.8) is 0 Å². The second kappa shape index (κ2) is 6.99. The summed E-state index contributed by atoms with van der Waals surface area (Å²) in [5.74, 6) is -4.56. The number of carboxylic acid groups (broad SMARTS) is 1. The number of carboxylic acids is 1. The fraction of sp³-hybridized carbons (Fsp3) is 0. The van der Waals surface area contributed by atoms with E-state index in [1.54, 1.807) is 0 Å². The molecule has 1 heterocycles. The average molecular weight is 459 g/mol. The van der Waals surface area contributed by atoms with Gasteiger partial charge in [0.25, 0.3) is 26.2 Å². The molecule has 158 valence electrons. The second-order valence-electron chi connectivity index (χ2n) is 5.55. The van der Waals surface area contributed by atoms with Crippen LogP contribution in [-0.2, 0) is 20.2 Å². The lowest BCUT2D eigenvalue weighted by Crippen LogP contribution is -2.01. The smallest absolute Gasteiger partial charge is 0.373 e. The lowest BCUT2D eigenvalue weighted by molar-refractivity contribution is 0.0684. The highest BCUT2D eigenvalue weighted by Crippen LogP contribution is 2.45. The molecule has 3 rings (SSSR count). The van der Waals surface area contributed by atoms with Gasteiger partial charge in [0.1, 0.15) is 16.3 Å². The van der Waals surface area contributed by atoms with Crippen molar-refractivity contribution in [3.8, 4) is 11.5 Å². The fourth-order valence-electron chi connectivity index (χ4n) is 2.37. The molecule has 0 aliphatic carbocycles. The predicted octanol–water partition coefficient (Wildman–Crippen LogP) is 0.976. The molecular weight excluding hydrogens is 450 g/mol. The summed E-state index contributed by atoms with van der Waals surface area (Å²) in [5.41, 5.74) is -0.887. The van der Waals surface area contributed by atoms with Gasteiger partial charge in [-0.3, -0.25) is 14.2 Å². The number of phenolic OH excluding ortho intramolecular Hbond substituents is 2. The molecule has 0 atom stereocenters. The van der Waals surface area contributed by atoms with Crippen molar-refractivity contribution in [2.45, 2.75) is 9.79 Å². The molecule has 0 aliphatic rings. The second-order valence-corrected chi connectivity index (χ2v) is 8.36. The van der Waals surface area contributed by atoms with Crippen molar-refractivity contribution in [3.05, 3.63) is 24.0 Å². The number of fused-ring (bicyclic) bond motifs is 1. The van der Waals surface area contributed by atoms with Gasteiger partial charge in [0.05, 0.1) is 10.3 Å². The Morgan fingerprint density at radius 2 is 1.67 bits per heavy atom. The Morgan fingerprint density at radius 3 is 2.20 bits per heavy atom. The van der Waals surface area contributed by atoms with E-state index in [4.69, 9.17) is 9.66 Å². The van der Waals surface area contributed by atoms with Crippen molar-refractivity contribution >= 4 is 48.6 Å². The van der Waals surface area contributed by atoms with Crippen LogP contribution < -0.4 is 0 Å². The average Bonchev–Trinajstić information content (AvgIpc) is 3.08. The van der Waals surface area contributed by atoms with E-state index in [9.17, 15) is 36.4 Å². The van der Waals surface area contributed by atoms with E-state index in [2.05, 4.69) is 20.3 Å². The first-order chi connectivity index (χ1) is 13.8. The van der Waals surface area contributed by atoms with E-state index in [1.807, 2.05) is 5.10 Å². The van der Waals surface area contributed by atoms with Crippen LogP contribution in [0.1, 0.15) is 10.6 Å². The third-order valence-corrected chi connectivity index (χ3v) is 5.29. The first-order valence-corrected chi connectivity index (χ1v) is 10.2. The molecule has 0 fully saturated rings. The Morgan fingerprint density at radius 1 is 1.00 bits per heavy atom. The van der Waals surface area contributed by atoms with Crippen LogP contribution in [0.15, 0.2) is 38.2 Å². The van der Waals surface area contributed by atoms with Gasteiger partial charge in [-0.15, -0.1) is 15.3 Å². The van der Waals surface area contributed by atoms with Crippen LogP contribution in [0.4, 0.5) is 11.6 Å². The minimum atomic E-state index is -5.07. The maximum atomic E-state index is 11.7. The zero-order valence-electron chi connectivity index (χ0n) is 14.1. The number of H-pyrrole nitrogens is 1. The Kier molecular flexibility index (Phi) is 4.90. The number of carbonyl (C=O) groups is 1. The molecule has 15 nitrogen and oxygen atoms in total. The van der Waals surface area contributed by atoms with E-state index >= 15 is 0 Å². The van der Waals surface area contributed by atoms with Crippen LogP contribution >= 0.6 is 0 Å². The highest BCUT2D eigenvalue weighted by Gasteiger charge is 2.25. The zero-order valence-corrected chi connectivity index (χ0v) is 15.7. The van der Waals surface area contributed by atoms with Crippen molar-refractivity contribution < 1.29 is 46.1 Å². The van der Waals surface area contributed by atoms with Crippen molar-refractivity contribution in [2.24, 2.45) is 10.2 Å². The zero-order chi connectivity index (χ0) is 22.4. The SMILES string of the molecule is O=C(O)c1nc(N=Nc2c(S(=O)(=O)O)cc3cc(S(=O)(=O)O)cc(O)c3c2O)n[nH]1. The molecule has 0 amide bonds. The number of aromatic carboxylic acids is 1. The largest absolute Gasteiger partial charge is 0.507 e. The van der Waals surface area contributed by atoms with Crippen LogP contribution in [0.25, 0.3) is 10.8 Å². The number of hydrogen-bond acceptors (Lipinski definition) is 11. The standard InChI is InChI=1S/C13H9N5O10S2/c19-6-3-5(29(23,24)25)1-4-2-7(30(26,27)28)9(10(20)8(4)6)15-17-13-14-11(12(21)22)16-18-13/h1-3,19-20H,(H,21,22)(H,14,16,18)(H,23,24,25)(H,26,27,28). The lowest BCUT2D eigenvalue weighted by atomic mass is 10.1. The van der Waals surface area contributed by atoms with E-state index < -0.39 is 75.7 Å². The van der Waals surface area contributed by atoms with Gasteiger partial charge in [-0.2, -0.15) is 21.8 Å². The van der Waals surface area contributed by atoms with Crippen LogP contribution in [-0.4, -0.2) is 62.4 Å². The van der Waals surface area contributed by atoms with Gasteiger partial charge in [-0.1, -0.05) is 0 Å². The number of rotatable bonds is 5. The summed E-state index contributed by atoms with van der Waals surface area (Å²) < 4.78 is 64.6. The first-order valence-electron chi connectivity index (χ1n) is 7.34. The summed E-state index contributed by atoms with van der Waals surface area (Å²) in [6.45, 7) is 0. The summed E-state index contributed by atoms with van der Waals surface area (Å²) in [5, 5.41) is 40.5. The summed E-state index contributed by atoms with van der Waals surface area (Å²) in [4.78, 5) is 12.3. The fourth-order valence-corrected chi connectivity index (χ4v) is 3.56. The molecule has 30 heavy (non-hydrogen) atoms. The molecule has 0 unspecified atom stereocenters. The third kappa shape index (κ3) is 3.89. The normalized spacial score (nSPS) is 12.6. The number of aromatic hydroxyl groups is 2. The monoisotopic (exact) mass is 459 g/mol. The topological polar surface area (TPSA) is 253 Å². The maximum absolute atomic E-state index is 11.7. The molecule has 0 saturated heterocycles. The lowest BCUT2D eigenvalue weighted by Gasteiger charge is -2.11. The third-order valence-electron chi connectivity index (χ3n) is 3.59. The van der Waals surface area contributed by atoms with Gasteiger partial charge < -0.3 is 15.3 Å². The minimum Gasteiger partial charge on any atom is -0.507 e. The molecule has 0 spiro atoms. The number of azo groups is 1. The Bertz CT molecular complexity index is 1440. The van der Waals surface area contributed by atoms with E-state index in [0.717, 1.165) is 6.07 Å². The summed E-state index contributed by atoms with van der Waals surface area (Å²) in [6.07, 6.45) is 0. The first kappa shape index (κ1) is 21.0. The molecule has 1 aromatic heterocycles. The van der Waals surface area contributed by atoms with Gasteiger partial charge in [0.2, 0.25) is 5.82 Å². The quantitative estimate of drug-likeness (QED) is 0.230. The molecule has 6 N–H and O–H groups in total. The predicted molar refractivity (Wildman–Crippen MR) is 94.4 cm³/mol. The number of aromatic nitrogens is 3. The molecular formula is C13H9N5O10S2. The number of nitrogens with zero attached hydrogens (tertiary/aromatic N) is 4. The summed E-state index contributed by atoms with van der Waals surface area (Å²) in [6, 6.07) is 1.97. The minimum absolute atomic E-state index is 0.391. The molecule has 0 saturated carbocycles. The Labute approximate surface area is 165 Å². The number of nitrogens with one attached hydrogen (secondary N) is 1. The number of aromatic amines is 1. The number of benzene rings is 2. The number of hydrogen-bond donors (Lipinski definition) is 6. The van der Waals surface area contributed by atoms with Crippen LogP contribution in [0.2, 0.25) is 0 Å².